The molecule has 1 aromatic heterocycles. The minimum atomic E-state index is 0.871. The molecule has 0 spiro atoms. The molecule has 0 fully saturated rings. The molecule has 3 nitrogen and oxygen atoms in total. The highest BCUT2D eigenvalue weighted by atomic mass is 15.1. The Bertz CT molecular complexity index is 527. The van der Waals surface area contributed by atoms with Gasteiger partial charge in [0.25, 0.3) is 0 Å². The van der Waals surface area contributed by atoms with Crippen molar-refractivity contribution >= 4 is 5.69 Å². The Morgan fingerprint density at radius 1 is 1.10 bits per heavy atom. The van der Waals surface area contributed by atoms with Gasteiger partial charge < -0.3 is 9.88 Å². The minimum Gasteiger partial charge on any atom is -0.381 e. The second-order valence-electron chi connectivity index (χ2n) is 5.16. The third-order valence-corrected chi connectivity index (χ3v) is 3.68. The largest absolute Gasteiger partial charge is 0.381 e. The Balaban J connectivity index is 2.03. The lowest BCUT2D eigenvalue weighted by atomic mass is 10.1. The Labute approximate surface area is 122 Å². The number of aromatic nitrogens is 1. The van der Waals surface area contributed by atoms with Gasteiger partial charge >= 0.3 is 0 Å². The van der Waals surface area contributed by atoms with E-state index in [4.69, 9.17) is 0 Å². The van der Waals surface area contributed by atoms with Crippen LogP contribution in [0.15, 0.2) is 42.7 Å². The SMILES string of the molecule is CCN(CC)Cc1ccccc1NCc1ccn(C)c1. The average molecular weight is 271 g/mol. The maximum Gasteiger partial charge on any atom is 0.0415 e. The Hall–Kier alpha value is -1.74. The first-order chi connectivity index (χ1) is 9.72. The third kappa shape index (κ3) is 3.87. The van der Waals surface area contributed by atoms with Crippen molar-refractivity contribution in [3.05, 3.63) is 53.9 Å². The number of nitrogens with one attached hydrogen (secondary N) is 1. The fourth-order valence-corrected chi connectivity index (χ4v) is 2.38. The molecule has 20 heavy (non-hydrogen) atoms. The van der Waals surface area contributed by atoms with Crippen LogP contribution in [0.5, 0.6) is 0 Å². The Kier molecular flexibility index (Phi) is 5.24. The maximum atomic E-state index is 3.56. The number of hydrogen-bond acceptors (Lipinski definition) is 2. The van der Waals surface area contributed by atoms with Gasteiger partial charge in [-0.25, -0.2) is 0 Å². The van der Waals surface area contributed by atoms with Gasteiger partial charge in [-0.2, -0.15) is 0 Å². The highest BCUT2D eigenvalue weighted by Crippen LogP contribution is 2.18. The van der Waals surface area contributed by atoms with Crippen molar-refractivity contribution < 1.29 is 0 Å². The number of anilines is 1. The van der Waals surface area contributed by atoms with E-state index in [0.29, 0.717) is 0 Å². The summed E-state index contributed by atoms with van der Waals surface area (Å²) >= 11 is 0. The molecule has 0 aliphatic rings. The summed E-state index contributed by atoms with van der Waals surface area (Å²) < 4.78 is 2.08. The van der Waals surface area contributed by atoms with E-state index in [2.05, 4.69) is 78.4 Å². The number of rotatable bonds is 7. The molecule has 0 unspecified atom stereocenters. The zero-order valence-electron chi connectivity index (χ0n) is 12.8. The Morgan fingerprint density at radius 2 is 1.85 bits per heavy atom. The summed E-state index contributed by atoms with van der Waals surface area (Å²) in [6, 6.07) is 10.7. The van der Waals surface area contributed by atoms with Crippen LogP contribution >= 0.6 is 0 Å². The van der Waals surface area contributed by atoms with Crippen molar-refractivity contribution in [2.75, 3.05) is 18.4 Å². The molecule has 1 aromatic carbocycles. The lowest BCUT2D eigenvalue weighted by Gasteiger charge is -2.20. The predicted molar refractivity (Wildman–Crippen MR) is 85.8 cm³/mol. The summed E-state index contributed by atoms with van der Waals surface area (Å²) in [4.78, 5) is 2.43. The van der Waals surface area contributed by atoms with E-state index in [0.717, 1.165) is 26.2 Å². The van der Waals surface area contributed by atoms with Crippen molar-refractivity contribution in [1.82, 2.24) is 9.47 Å². The molecule has 0 atom stereocenters. The fraction of sp³-hybridized carbons (Fsp3) is 0.412. The normalized spacial score (nSPS) is 11.0. The van der Waals surface area contributed by atoms with Crippen molar-refractivity contribution in [3.63, 3.8) is 0 Å². The molecule has 0 aliphatic carbocycles. The molecule has 0 amide bonds. The molecular formula is C17H25N3. The zero-order valence-corrected chi connectivity index (χ0v) is 12.8. The van der Waals surface area contributed by atoms with Crippen LogP contribution in [0.2, 0.25) is 0 Å². The van der Waals surface area contributed by atoms with Gasteiger partial charge in [0.1, 0.15) is 0 Å². The first-order valence-electron chi connectivity index (χ1n) is 7.38. The van der Waals surface area contributed by atoms with E-state index in [1.54, 1.807) is 0 Å². The summed E-state index contributed by atoms with van der Waals surface area (Å²) in [6.07, 6.45) is 4.23. The summed E-state index contributed by atoms with van der Waals surface area (Å²) in [7, 11) is 2.05. The second kappa shape index (κ2) is 7.15. The summed E-state index contributed by atoms with van der Waals surface area (Å²) in [5.74, 6) is 0. The number of nitrogens with zero attached hydrogens (tertiary/aromatic N) is 2. The predicted octanol–water partition coefficient (Wildman–Crippen LogP) is 3.48. The van der Waals surface area contributed by atoms with Crippen LogP contribution in [0, 0.1) is 0 Å². The minimum absolute atomic E-state index is 0.871. The lowest BCUT2D eigenvalue weighted by molar-refractivity contribution is 0.296. The van der Waals surface area contributed by atoms with Crippen LogP contribution in [-0.2, 0) is 20.1 Å². The molecule has 1 N–H and O–H groups in total. The Morgan fingerprint density at radius 3 is 2.50 bits per heavy atom. The van der Waals surface area contributed by atoms with Crippen LogP contribution in [-0.4, -0.2) is 22.6 Å². The van der Waals surface area contributed by atoms with Crippen molar-refractivity contribution in [2.24, 2.45) is 7.05 Å². The summed E-state index contributed by atoms with van der Waals surface area (Å²) in [5, 5.41) is 3.56. The van der Waals surface area contributed by atoms with E-state index in [9.17, 15) is 0 Å². The third-order valence-electron chi connectivity index (χ3n) is 3.68. The van der Waals surface area contributed by atoms with Gasteiger partial charge in [0.05, 0.1) is 0 Å². The van der Waals surface area contributed by atoms with Crippen molar-refractivity contribution in [3.8, 4) is 0 Å². The van der Waals surface area contributed by atoms with E-state index in [1.165, 1.54) is 16.8 Å². The quantitative estimate of drug-likeness (QED) is 0.832. The smallest absolute Gasteiger partial charge is 0.0415 e. The molecule has 2 rings (SSSR count). The first-order valence-corrected chi connectivity index (χ1v) is 7.38. The molecule has 3 heteroatoms. The van der Waals surface area contributed by atoms with Gasteiger partial charge in [-0.05, 0) is 36.3 Å². The zero-order chi connectivity index (χ0) is 14.4. The number of benzene rings is 1. The van der Waals surface area contributed by atoms with Crippen LogP contribution < -0.4 is 5.32 Å². The van der Waals surface area contributed by atoms with Crippen LogP contribution in [0.1, 0.15) is 25.0 Å². The molecule has 0 saturated heterocycles. The van der Waals surface area contributed by atoms with Gasteiger partial charge in [0, 0.05) is 38.2 Å². The van der Waals surface area contributed by atoms with Gasteiger partial charge in [-0.3, -0.25) is 4.90 Å². The molecule has 1 heterocycles. The molecule has 108 valence electrons. The number of hydrogen-bond donors (Lipinski definition) is 1. The van der Waals surface area contributed by atoms with Crippen LogP contribution in [0.4, 0.5) is 5.69 Å². The maximum absolute atomic E-state index is 3.56. The van der Waals surface area contributed by atoms with E-state index in [1.807, 2.05) is 0 Å². The average Bonchev–Trinajstić information content (AvgIpc) is 2.89. The molecule has 0 radical (unpaired) electrons. The van der Waals surface area contributed by atoms with E-state index < -0.39 is 0 Å². The molecule has 0 aliphatic heterocycles. The summed E-state index contributed by atoms with van der Waals surface area (Å²) in [6.45, 7) is 8.47. The summed E-state index contributed by atoms with van der Waals surface area (Å²) in [5.41, 5.74) is 3.92. The van der Waals surface area contributed by atoms with Crippen molar-refractivity contribution in [2.45, 2.75) is 26.9 Å². The van der Waals surface area contributed by atoms with E-state index in [-0.39, 0.29) is 0 Å². The standard InChI is InChI=1S/C17H25N3/c1-4-20(5-2)14-16-8-6-7-9-17(16)18-12-15-10-11-19(3)13-15/h6-11,13,18H,4-5,12,14H2,1-3H3. The monoisotopic (exact) mass is 271 g/mol. The lowest BCUT2D eigenvalue weighted by Crippen LogP contribution is -2.22. The molecular weight excluding hydrogens is 246 g/mol. The van der Waals surface area contributed by atoms with Gasteiger partial charge in [-0.15, -0.1) is 0 Å². The first kappa shape index (κ1) is 14.7. The topological polar surface area (TPSA) is 20.2 Å². The second-order valence-corrected chi connectivity index (χ2v) is 5.16. The highest BCUT2D eigenvalue weighted by Gasteiger charge is 2.06. The molecule has 0 bridgehead atoms. The van der Waals surface area contributed by atoms with Gasteiger partial charge in [0.15, 0.2) is 0 Å². The number of para-hydroxylation sites is 1. The van der Waals surface area contributed by atoms with Crippen molar-refractivity contribution in [1.29, 1.82) is 0 Å². The number of aryl methyl sites for hydroxylation is 1. The highest BCUT2D eigenvalue weighted by molar-refractivity contribution is 5.51. The van der Waals surface area contributed by atoms with Gasteiger partial charge in [0.2, 0.25) is 0 Å². The van der Waals surface area contributed by atoms with E-state index >= 15 is 0 Å². The van der Waals surface area contributed by atoms with Crippen LogP contribution in [0.25, 0.3) is 0 Å². The molecule has 0 saturated carbocycles. The fourth-order valence-electron chi connectivity index (χ4n) is 2.38. The molecule has 2 aromatic rings. The van der Waals surface area contributed by atoms with Crippen LogP contribution in [0.3, 0.4) is 0 Å². The van der Waals surface area contributed by atoms with Gasteiger partial charge in [-0.1, -0.05) is 32.0 Å².